The molecule has 0 bridgehead atoms. The van der Waals surface area contributed by atoms with Gasteiger partial charge >= 0.3 is 0 Å². The van der Waals surface area contributed by atoms with Crippen molar-refractivity contribution in [1.29, 1.82) is 0 Å². The summed E-state index contributed by atoms with van der Waals surface area (Å²) >= 11 is 1.64. The molecule has 0 unspecified atom stereocenters. The van der Waals surface area contributed by atoms with E-state index in [2.05, 4.69) is 32.2 Å². The number of pyridine rings is 1. The number of thiophene rings is 1. The maximum atomic E-state index is 4.63. The van der Waals surface area contributed by atoms with Crippen molar-refractivity contribution in [3.05, 3.63) is 47.4 Å². The van der Waals surface area contributed by atoms with E-state index in [9.17, 15) is 0 Å². The maximum Gasteiger partial charge on any atom is 0.146 e. The molecule has 0 aliphatic rings. The number of fused-ring (bicyclic) bond motifs is 1. The molecule has 1 N–H and O–H groups in total. The minimum absolute atomic E-state index is 0.694. The Hall–Kier alpha value is -2.05. The van der Waals surface area contributed by atoms with Gasteiger partial charge in [0, 0.05) is 19.8 Å². The van der Waals surface area contributed by atoms with Gasteiger partial charge in [-0.15, -0.1) is 11.3 Å². The highest BCUT2D eigenvalue weighted by Gasteiger charge is 2.10. The molecule has 0 atom stereocenters. The van der Waals surface area contributed by atoms with E-state index in [4.69, 9.17) is 0 Å². The molecule has 6 heteroatoms. The van der Waals surface area contributed by atoms with Gasteiger partial charge in [-0.3, -0.25) is 9.88 Å². The van der Waals surface area contributed by atoms with Gasteiger partial charge in [0.2, 0.25) is 0 Å². The normalized spacial score (nSPS) is 11.2. The molecule has 0 aromatic carbocycles. The Balaban J connectivity index is 1.78. The van der Waals surface area contributed by atoms with E-state index in [1.807, 2.05) is 42.9 Å². The molecule has 0 radical (unpaired) electrons. The first-order valence-electron chi connectivity index (χ1n) is 6.76. The fraction of sp³-hybridized carbons (Fsp3) is 0.267. The lowest BCUT2D eigenvalue weighted by Gasteiger charge is -2.15. The van der Waals surface area contributed by atoms with Gasteiger partial charge in [-0.1, -0.05) is 6.07 Å². The lowest BCUT2D eigenvalue weighted by molar-refractivity contribution is 0.307. The lowest BCUT2D eigenvalue weighted by Crippen LogP contribution is -2.19. The summed E-state index contributed by atoms with van der Waals surface area (Å²) < 4.78 is 0. The Kier molecular flexibility index (Phi) is 4.08. The molecule has 0 spiro atoms. The van der Waals surface area contributed by atoms with Crippen molar-refractivity contribution in [3.63, 3.8) is 0 Å². The molecule has 108 valence electrons. The van der Waals surface area contributed by atoms with Gasteiger partial charge in [0.15, 0.2) is 0 Å². The smallest absolute Gasteiger partial charge is 0.146 e. The molecule has 5 nitrogen and oxygen atoms in total. The van der Waals surface area contributed by atoms with E-state index in [1.54, 1.807) is 11.3 Å². The molecule has 3 aromatic heterocycles. The SMILES string of the molecule is CNc1nc(CN(C)Cc2ccccn2)nc2sccc12. The highest BCUT2D eigenvalue weighted by Crippen LogP contribution is 2.24. The molecular weight excluding hydrogens is 282 g/mol. The molecule has 0 amide bonds. The first-order valence-corrected chi connectivity index (χ1v) is 7.64. The number of nitrogens with one attached hydrogen (secondary N) is 1. The van der Waals surface area contributed by atoms with E-state index in [0.717, 1.165) is 34.1 Å². The van der Waals surface area contributed by atoms with Crippen LogP contribution in [0.2, 0.25) is 0 Å². The van der Waals surface area contributed by atoms with Gasteiger partial charge in [-0.2, -0.15) is 0 Å². The minimum Gasteiger partial charge on any atom is -0.372 e. The predicted molar refractivity (Wildman–Crippen MR) is 86.4 cm³/mol. The number of rotatable bonds is 5. The van der Waals surface area contributed by atoms with E-state index in [-0.39, 0.29) is 0 Å². The van der Waals surface area contributed by atoms with Gasteiger partial charge in [0.05, 0.1) is 17.6 Å². The zero-order chi connectivity index (χ0) is 14.7. The molecule has 3 rings (SSSR count). The summed E-state index contributed by atoms with van der Waals surface area (Å²) in [5.41, 5.74) is 1.05. The average molecular weight is 299 g/mol. The van der Waals surface area contributed by atoms with Gasteiger partial charge in [-0.05, 0) is 30.6 Å². The number of aromatic nitrogens is 3. The zero-order valence-corrected chi connectivity index (χ0v) is 12.9. The fourth-order valence-electron chi connectivity index (χ4n) is 2.23. The first-order chi connectivity index (χ1) is 10.3. The molecule has 0 saturated heterocycles. The van der Waals surface area contributed by atoms with Crippen LogP contribution < -0.4 is 5.32 Å². The second kappa shape index (κ2) is 6.15. The fourth-order valence-corrected chi connectivity index (χ4v) is 3.01. The van der Waals surface area contributed by atoms with E-state index in [1.165, 1.54) is 0 Å². The van der Waals surface area contributed by atoms with Crippen molar-refractivity contribution in [2.24, 2.45) is 0 Å². The molecule has 3 aromatic rings. The number of hydrogen-bond acceptors (Lipinski definition) is 6. The number of anilines is 1. The molecule has 0 aliphatic heterocycles. The number of nitrogens with zero attached hydrogens (tertiary/aromatic N) is 4. The highest BCUT2D eigenvalue weighted by atomic mass is 32.1. The molecule has 3 heterocycles. The average Bonchev–Trinajstić information content (AvgIpc) is 2.95. The topological polar surface area (TPSA) is 53.9 Å². The van der Waals surface area contributed by atoms with Crippen LogP contribution in [0.4, 0.5) is 5.82 Å². The quantitative estimate of drug-likeness (QED) is 0.785. The monoisotopic (exact) mass is 299 g/mol. The summed E-state index contributed by atoms with van der Waals surface area (Å²) in [5, 5.41) is 6.27. The lowest BCUT2D eigenvalue weighted by atomic mass is 10.3. The Morgan fingerprint density at radius 1 is 1.19 bits per heavy atom. The van der Waals surface area contributed by atoms with E-state index < -0.39 is 0 Å². The van der Waals surface area contributed by atoms with Crippen LogP contribution in [0.25, 0.3) is 10.2 Å². The van der Waals surface area contributed by atoms with Crippen LogP contribution in [0, 0.1) is 0 Å². The Morgan fingerprint density at radius 3 is 2.86 bits per heavy atom. The van der Waals surface area contributed by atoms with E-state index >= 15 is 0 Å². The largest absolute Gasteiger partial charge is 0.372 e. The van der Waals surface area contributed by atoms with Crippen molar-refractivity contribution in [2.75, 3.05) is 19.4 Å². The predicted octanol–water partition coefficient (Wildman–Crippen LogP) is 2.76. The third kappa shape index (κ3) is 3.17. The van der Waals surface area contributed by atoms with Gasteiger partial charge in [-0.25, -0.2) is 9.97 Å². The summed E-state index contributed by atoms with van der Waals surface area (Å²) in [6.45, 7) is 1.47. The second-order valence-corrected chi connectivity index (χ2v) is 5.77. The first kappa shape index (κ1) is 13.9. The highest BCUT2D eigenvalue weighted by molar-refractivity contribution is 7.16. The van der Waals surface area contributed by atoms with Crippen LogP contribution >= 0.6 is 11.3 Å². The van der Waals surface area contributed by atoms with Crippen LogP contribution in [0.15, 0.2) is 35.8 Å². The van der Waals surface area contributed by atoms with Gasteiger partial charge in [0.25, 0.3) is 0 Å². The summed E-state index contributed by atoms with van der Waals surface area (Å²) in [6, 6.07) is 8.01. The van der Waals surface area contributed by atoms with Crippen LogP contribution in [-0.2, 0) is 13.1 Å². The molecule has 0 fully saturated rings. The summed E-state index contributed by atoms with van der Waals surface area (Å²) in [6.07, 6.45) is 1.82. The summed E-state index contributed by atoms with van der Waals surface area (Å²) in [5.74, 6) is 1.72. The number of hydrogen-bond donors (Lipinski definition) is 1. The van der Waals surface area contributed by atoms with Crippen molar-refractivity contribution in [1.82, 2.24) is 19.9 Å². The van der Waals surface area contributed by atoms with Crippen LogP contribution in [-0.4, -0.2) is 33.9 Å². The van der Waals surface area contributed by atoms with Gasteiger partial charge in [0.1, 0.15) is 16.5 Å². The molecule has 21 heavy (non-hydrogen) atoms. The van der Waals surface area contributed by atoms with Crippen molar-refractivity contribution in [2.45, 2.75) is 13.1 Å². The second-order valence-electron chi connectivity index (χ2n) is 4.87. The zero-order valence-electron chi connectivity index (χ0n) is 12.1. The van der Waals surface area contributed by atoms with Crippen molar-refractivity contribution in [3.8, 4) is 0 Å². The molecule has 0 saturated carbocycles. The van der Waals surface area contributed by atoms with Gasteiger partial charge < -0.3 is 5.32 Å². The standard InChI is InChI=1S/C15H17N5S/c1-16-14-12-6-8-21-15(12)19-13(18-14)10-20(2)9-11-5-3-4-7-17-11/h3-8H,9-10H2,1-2H3,(H,16,18,19). The van der Waals surface area contributed by atoms with E-state index in [0.29, 0.717) is 6.54 Å². The Morgan fingerprint density at radius 2 is 2.10 bits per heavy atom. The van der Waals surface area contributed by atoms with Crippen LogP contribution in [0.5, 0.6) is 0 Å². The maximum absolute atomic E-state index is 4.63. The summed E-state index contributed by atoms with van der Waals surface area (Å²) in [4.78, 5) is 16.8. The minimum atomic E-state index is 0.694. The van der Waals surface area contributed by atoms with Crippen molar-refractivity contribution < 1.29 is 0 Å². The Labute approximate surface area is 127 Å². The van der Waals surface area contributed by atoms with Crippen LogP contribution in [0.3, 0.4) is 0 Å². The third-order valence-electron chi connectivity index (χ3n) is 3.18. The third-order valence-corrected chi connectivity index (χ3v) is 3.98. The molecular formula is C15H17N5S. The summed E-state index contributed by atoms with van der Waals surface area (Å²) in [7, 11) is 3.94. The van der Waals surface area contributed by atoms with Crippen molar-refractivity contribution >= 4 is 27.4 Å². The molecule has 0 aliphatic carbocycles. The van der Waals surface area contributed by atoms with Crippen LogP contribution in [0.1, 0.15) is 11.5 Å². The Bertz CT molecular complexity index is 725.